The molecule has 22 heavy (non-hydrogen) atoms. The molecule has 0 saturated heterocycles. The smallest absolute Gasteiger partial charge is 0.309 e. The molecule has 0 aromatic heterocycles. The van der Waals surface area contributed by atoms with Crippen molar-refractivity contribution in [1.29, 1.82) is 0 Å². The summed E-state index contributed by atoms with van der Waals surface area (Å²) in [5.74, 6) is -0.518. The number of hydrogen-bond acceptors (Lipinski definition) is 3. The van der Waals surface area contributed by atoms with Crippen LogP contribution in [0.4, 0.5) is 4.39 Å². The van der Waals surface area contributed by atoms with Gasteiger partial charge < -0.3 is 10.1 Å². The maximum Gasteiger partial charge on any atom is 0.309 e. The zero-order chi connectivity index (χ0) is 15.5. The Balaban J connectivity index is 2.14. The van der Waals surface area contributed by atoms with Gasteiger partial charge in [0, 0.05) is 6.54 Å². The van der Waals surface area contributed by atoms with Crippen LogP contribution in [-0.2, 0) is 16.0 Å². The fourth-order valence-electron chi connectivity index (χ4n) is 2.87. The first-order valence-electron chi connectivity index (χ1n) is 7.36. The van der Waals surface area contributed by atoms with E-state index in [1.165, 1.54) is 18.7 Å². The molecule has 0 fully saturated rings. The summed E-state index contributed by atoms with van der Waals surface area (Å²) in [7, 11) is 1.38. The average Bonchev–Trinajstić information content (AvgIpc) is 2.55. The highest BCUT2D eigenvalue weighted by Gasteiger charge is 2.13. The molecule has 1 aliphatic rings. The highest BCUT2D eigenvalue weighted by Crippen LogP contribution is 2.30. The highest BCUT2D eigenvalue weighted by atomic mass is 19.1. The van der Waals surface area contributed by atoms with Crippen LogP contribution in [-0.4, -0.2) is 26.2 Å². The number of fused-ring (bicyclic) bond motifs is 1. The lowest BCUT2D eigenvalue weighted by Crippen LogP contribution is -2.20. The molecule has 0 aliphatic carbocycles. The fraction of sp³-hybridized carbons (Fsp3) is 0.278. The first kappa shape index (κ1) is 14.7. The Labute approximate surface area is 128 Å². The van der Waals surface area contributed by atoms with Gasteiger partial charge in [-0.05, 0) is 52.6 Å². The number of ether oxygens (including phenoxy) is 1. The SMILES string of the molecule is COC(=O)Cc1cc(C2=CCNCC2)c2cc(F)ccc2c1. The second-order valence-electron chi connectivity index (χ2n) is 5.45. The minimum atomic E-state index is -0.272. The molecule has 0 atom stereocenters. The minimum absolute atomic E-state index is 0.225. The third-order valence-corrected chi connectivity index (χ3v) is 3.96. The number of hydrogen-bond donors (Lipinski definition) is 1. The van der Waals surface area contributed by atoms with E-state index in [4.69, 9.17) is 4.74 Å². The number of benzene rings is 2. The Morgan fingerprint density at radius 2 is 2.18 bits per heavy atom. The molecule has 2 aromatic rings. The van der Waals surface area contributed by atoms with E-state index in [1.54, 1.807) is 12.1 Å². The second-order valence-corrected chi connectivity index (χ2v) is 5.45. The van der Waals surface area contributed by atoms with E-state index in [1.807, 2.05) is 12.1 Å². The van der Waals surface area contributed by atoms with Crippen LogP contribution >= 0.6 is 0 Å². The van der Waals surface area contributed by atoms with Crippen LogP contribution in [0, 0.1) is 5.82 Å². The van der Waals surface area contributed by atoms with Gasteiger partial charge in [-0.3, -0.25) is 4.79 Å². The number of esters is 1. The van der Waals surface area contributed by atoms with Crippen molar-refractivity contribution in [3.05, 3.63) is 53.4 Å². The fourth-order valence-corrected chi connectivity index (χ4v) is 2.87. The molecule has 0 saturated carbocycles. The minimum Gasteiger partial charge on any atom is -0.469 e. The van der Waals surface area contributed by atoms with Crippen LogP contribution in [0.1, 0.15) is 17.5 Å². The normalized spacial score (nSPS) is 14.7. The van der Waals surface area contributed by atoms with Crippen molar-refractivity contribution in [1.82, 2.24) is 5.32 Å². The molecule has 0 unspecified atom stereocenters. The Hall–Kier alpha value is -2.20. The molecule has 2 aromatic carbocycles. The quantitative estimate of drug-likeness (QED) is 0.885. The van der Waals surface area contributed by atoms with Gasteiger partial charge in [0.1, 0.15) is 5.82 Å². The van der Waals surface area contributed by atoms with E-state index in [-0.39, 0.29) is 18.2 Å². The van der Waals surface area contributed by atoms with Crippen LogP contribution < -0.4 is 5.32 Å². The summed E-state index contributed by atoms with van der Waals surface area (Å²) >= 11 is 0. The van der Waals surface area contributed by atoms with Crippen molar-refractivity contribution < 1.29 is 13.9 Å². The van der Waals surface area contributed by atoms with E-state index < -0.39 is 0 Å². The summed E-state index contributed by atoms with van der Waals surface area (Å²) in [5.41, 5.74) is 3.10. The third kappa shape index (κ3) is 3.02. The lowest BCUT2D eigenvalue weighted by molar-refractivity contribution is -0.139. The highest BCUT2D eigenvalue weighted by molar-refractivity contribution is 5.95. The molecule has 1 heterocycles. The van der Waals surface area contributed by atoms with Gasteiger partial charge in [-0.1, -0.05) is 24.3 Å². The van der Waals surface area contributed by atoms with Gasteiger partial charge in [-0.25, -0.2) is 4.39 Å². The Morgan fingerprint density at radius 1 is 1.32 bits per heavy atom. The zero-order valence-electron chi connectivity index (χ0n) is 12.5. The van der Waals surface area contributed by atoms with E-state index in [0.717, 1.165) is 41.4 Å². The maximum absolute atomic E-state index is 13.6. The van der Waals surface area contributed by atoms with Crippen LogP contribution in [0.3, 0.4) is 0 Å². The molecule has 1 N–H and O–H groups in total. The molecular formula is C18H18FNO2. The number of methoxy groups -OCH3 is 1. The largest absolute Gasteiger partial charge is 0.469 e. The van der Waals surface area contributed by atoms with Crippen molar-refractivity contribution in [2.24, 2.45) is 0 Å². The van der Waals surface area contributed by atoms with Crippen molar-refractivity contribution in [2.45, 2.75) is 12.8 Å². The topological polar surface area (TPSA) is 38.3 Å². The van der Waals surface area contributed by atoms with Gasteiger partial charge in [-0.15, -0.1) is 0 Å². The summed E-state index contributed by atoms with van der Waals surface area (Å²) in [6, 6.07) is 8.68. The Kier molecular flexibility index (Phi) is 4.20. The van der Waals surface area contributed by atoms with Gasteiger partial charge in [-0.2, -0.15) is 0 Å². The number of carbonyl (C=O) groups is 1. The van der Waals surface area contributed by atoms with Crippen molar-refractivity contribution >= 4 is 22.3 Å². The van der Waals surface area contributed by atoms with Crippen LogP contribution in [0.2, 0.25) is 0 Å². The standard InChI is InChI=1S/C18H18FNO2/c1-22-18(21)10-12-8-14-2-3-15(19)11-17(14)16(9-12)13-4-6-20-7-5-13/h2-4,8-9,11,20H,5-7,10H2,1H3. The molecule has 0 spiro atoms. The van der Waals surface area contributed by atoms with E-state index in [9.17, 15) is 9.18 Å². The predicted octanol–water partition coefficient (Wildman–Crippen LogP) is 3.07. The summed E-state index contributed by atoms with van der Waals surface area (Å²) in [6.45, 7) is 1.72. The molecule has 0 amide bonds. The van der Waals surface area contributed by atoms with Crippen LogP contribution in [0.25, 0.3) is 16.3 Å². The second kappa shape index (κ2) is 6.28. The van der Waals surface area contributed by atoms with Gasteiger partial charge in [0.25, 0.3) is 0 Å². The Morgan fingerprint density at radius 3 is 2.91 bits per heavy atom. The maximum atomic E-state index is 13.6. The summed E-state index contributed by atoms with van der Waals surface area (Å²) in [5, 5.41) is 5.11. The van der Waals surface area contributed by atoms with Crippen molar-refractivity contribution in [2.75, 3.05) is 20.2 Å². The molecule has 3 rings (SSSR count). The van der Waals surface area contributed by atoms with E-state index in [2.05, 4.69) is 11.4 Å². The average molecular weight is 299 g/mol. The molecular weight excluding hydrogens is 281 g/mol. The predicted molar refractivity (Wildman–Crippen MR) is 85.1 cm³/mol. The van der Waals surface area contributed by atoms with Gasteiger partial charge in [0.15, 0.2) is 0 Å². The van der Waals surface area contributed by atoms with Gasteiger partial charge in [0.05, 0.1) is 13.5 Å². The lowest BCUT2D eigenvalue weighted by atomic mass is 9.92. The molecule has 3 nitrogen and oxygen atoms in total. The first-order chi connectivity index (χ1) is 10.7. The first-order valence-corrected chi connectivity index (χ1v) is 7.36. The monoisotopic (exact) mass is 299 g/mol. The molecule has 0 bridgehead atoms. The van der Waals surface area contributed by atoms with E-state index >= 15 is 0 Å². The van der Waals surface area contributed by atoms with Gasteiger partial charge in [0.2, 0.25) is 0 Å². The number of rotatable bonds is 3. The molecule has 0 radical (unpaired) electrons. The van der Waals surface area contributed by atoms with Crippen molar-refractivity contribution in [3.8, 4) is 0 Å². The third-order valence-electron chi connectivity index (χ3n) is 3.96. The summed E-state index contributed by atoms with van der Waals surface area (Å²) in [6.07, 6.45) is 3.25. The van der Waals surface area contributed by atoms with Gasteiger partial charge >= 0.3 is 5.97 Å². The zero-order valence-corrected chi connectivity index (χ0v) is 12.5. The summed E-state index contributed by atoms with van der Waals surface area (Å²) in [4.78, 5) is 11.6. The lowest BCUT2D eigenvalue weighted by Gasteiger charge is -2.17. The van der Waals surface area contributed by atoms with Crippen LogP contribution in [0.5, 0.6) is 0 Å². The summed E-state index contributed by atoms with van der Waals surface area (Å²) < 4.78 is 18.4. The van der Waals surface area contributed by atoms with Crippen LogP contribution in [0.15, 0.2) is 36.4 Å². The van der Waals surface area contributed by atoms with E-state index in [0.29, 0.717) is 0 Å². The number of halogens is 1. The Bertz CT molecular complexity index is 752. The molecule has 114 valence electrons. The number of carbonyl (C=O) groups excluding carboxylic acids is 1. The number of nitrogens with one attached hydrogen (secondary N) is 1. The molecule has 4 heteroatoms. The molecule has 1 aliphatic heterocycles. The van der Waals surface area contributed by atoms with Crippen molar-refractivity contribution in [3.63, 3.8) is 0 Å².